The van der Waals surface area contributed by atoms with Crippen LogP contribution in [0.5, 0.6) is 0 Å². The van der Waals surface area contributed by atoms with Gasteiger partial charge in [-0.2, -0.15) is 0 Å². The highest BCUT2D eigenvalue weighted by molar-refractivity contribution is 5.45. The van der Waals surface area contributed by atoms with Gasteiger partial charge in [-0.15, -0.1) is 10.2 Å². The van der Waals surface area contributed by atoms with E-state index in [9.17, 15) is 10.1 Å². The first kappa shape index (κ1) is 11.8. The van der Waals surface area contributed by atoms with E-state index >= 15 is 0 Å². The summed E-state index contributed by atoms with van der Waals surface area (Å²) in [6.45, 7) is 0.782. The molecule has 3 rings (SSSR count). The number of nitrogens with one attached hydrogen (secondary N) is 1. The van der Waals surface area contributed by atoms with Gasteiger partial charge in [0.2, 0.25) is 5.89 Å². The Hall–Kier alpha value is -2.22. The molecule has 8 nitrogen and oxygen atoms in total. The van der Waals surface area contributed by atoms with Crippen LogP contribution in [-0.2, 0) is 6.42 Å². The number of nitrogens with zero attached hydrogens (tertiary/aromatic N) is 3. The molecule has 0 saturated heterocycles. The molecule has 0 unspecified atom stereocenters. The predicted molar refractivity (Wildman–Crippen MR) is 63.4 cm³/mol. The van der Waals surface area contributed by atoms with Gasteiger partial charge >= 0.3 is 5.88 Å². The number of aromatic nitrogens is 2. The van der Waals surface area contributed by atoms with Crippen LogP contribution < -0.4 is 5.32 Å². The second-order valence-corrected chi connectivity index (χ2v) is 4.37. The van der Waals surface area contributed by atoms with Crippen LogP contribution in [0.25, 0.3) is 11.7 Å². The van der Waals surface area contributed by atoms with E-state index < -0.39 is 4.92 Å². The van der Waals surface area contributed by atoms with E-state index in [2.05, 4.69) is 15.5 Å². The topological polar surface area (TPSA) is 107 Å². The molecule has 1 saturated carbocycles. The molecule has 1 fully saturated rings. The fourth-order valence-electron chi connectivity index (χ4n) is 1.67. The van der Waals surface area contributed by atoms with Gasteiger partial charge in [0.1, 0.15) is 4.92 Å². The second-order valence-electron chi connectivity index (χ2n) is 4.37. The standard InChI is InChI=1S/C11H12N4O4/c16-15(17)10-4-3-8(18-10)11-14-13-9(19-11)5-6-12-7-1-2-7/h3-4,7,12H,1-2,5-6H2. The van der Waals surface area contributed by atoms with Gasteiger partial charge in [-0.3, -0.25) is 10.1 Å². The van der Waals surface area contributed by atoms with E-state index in [1.54, 1.807) is 0 Å². The highest BCUT2D eigenvalue weighted by Gasteiger charge is 2.21. The van der Waals surface area contributed by atoms with Crippen molar-refractivity contribution in [1.82, 2.24) is 15.5 Å². The largest absolute Gasteiger partial charge is 0.433 e. The minimum absolute atomic E-state index is 0.162. The third kappa shape index (κ3) is 2.79. The van der Waals surface area contributed by atoms with Crippen LogP contribution in [0.1, 0.15) is 18.7 Å². The summed E-state index contributed by atoms with van der Waals surface area (Å²) >= 11 is 0. The maximum absolute atomic E-state index is 10.5. The average molecular weight is 264 g/mol. The summed E-state index contributed by atoms with van der Waals surface area (Å²) in [6.07, 6.45) is 3.09. The van der Waals surface area contributed by atoms with E-state index in [0.29, 0.717) is 18.4 Å². The molecule has 0 bridgehead atoms. The second kappa shape index (κ2) is 4.81. The highest BCUT2D eigenvalue weighted by Crippen LogP contribution is 2.25. The van der Waals surface area contributed by atoms with Gasteiger partial charge in [0.05, 0.1) is 6.07 Å². The summed E-state index contributed by atoms with van der Waals surface area (Å²) in [4.78, 5) is 9.89. The van der Waals surface area contributed by atoms with E-state index in [-0.39, 0.29) is 17.5 Å². The van der Waals surface area contributed by atoms with Crippen LogP contribution in [0.15, 0.2) is 21.0 Å². The minimum Gasteiger partial charge on any atom is -0.418 e. The van der Waals surface area contributed by atoms with Crippen molar-refractivity contribution in [2.75, 3.05) is 6.54 Å². The molecule has 2 heterocycles. The lowest BCUT2D eigenvalue weighted by Gasteiger charge is -1.97. The molecule has 0 spiro atoms. The zero-order chi connectivity index (χ0) is 13.2. The van der Waals surface area contributed by atoms with Gasteiger partial charge in [-0.1, -0.05) is 0 Å². The molecule has 2 aromatic rings. The molecule has 2 aromatic heterocycles. The van der Waals surface area contributed by atoms with Gasteiger partial charge in [-0.25, -0.2) is 0 Å². The first-order valence-electron chi connectivity index (χ1n) is 6.03. The number of rotatable bonds is 6. The SMILES string of the molecule is O=[N+]([O-])c1ccc(-c2nnc(CCNC3CC3)o2)o1. The summed E-state index contributed by atoms with van der Waals surface area (Å²) in [5.74, 6) is 0.516. The fourth-order valence-corrected chi connectivity index (χ4v) is 1.67. The normalized spacial score (nSPS) is 14.7. The van der Waals surface area contributed by atoms with Crippen molar-refractivity contribution in [2.24, 2.45) is 0 Å². The lowest BCUT2D eigenvalue weighted by Crippen LogP contribution is -2.19. The van der Waals surface area contributed by atoms with Crippen molar-refractivity contribution in [1.29, 1.82) is 0 Å². The molecule has 8 heteroatoms. The van der Waals surface area contributed by atoms with Crippen molar-refractivity contribution < 1.29 is 13.8 Å². The van der Waals surface area contributed by atoms with Crippen molar-refractivity contribution in [3.05, 3.63) is 28.1 Å². The van der Waals surface area contributed by atoms with E-state index in [0.717, 1.165) is 6.54 Å². The summed E-state index contributed by atoms with van der Waals surface area (Å²) in [5.41, 5.74) is 0. The Morgan fingerprint density at radius 1 is 1.37 bits per heavy atom. The predicted octanol–water partition coefficient (Wildman–Crippen LogP) is 1.53. The highest BCUT2D eigenvalue weighted by atomic mass is 16.6. The van der Waals surface area contributed by atoms with Crippen molar-refractivity contribution in [3.8, 4) is 11.7 Å². The van der Waals surface area contributed by atoms with Crippen molar-refractivity contribution in [2.45, 2.75) is 25.3 Å². The molecule has 0 radical (unpaired) electrons. The Morgan fingerprint density at radius 3 is 2.89 bits per heavy atom. The number of nitro groups is 1. The Morgan fingerprint density at radius 2 is 2.21 bits per heavy atom. The van der Waals surface area contributed by atoms with Crippen LogP contribution in [-0.4, -0.2) is 27.7 Å². The summed E-state index contributed by atoms with van der Waals surface area (Å²) in [7, 11) is 0. The Labute approximate surface area is 108 Å². The van der Waals surface area contributed by atoms with Gasteiger partial charge in [0.25, 0.3) is 5.89 Å². The fraction of sp³-hybridized carbons (Fsp3) is 0.455. The van der Waals surface area contributed by atoms with Crippen molar-refractivity contribution >= 4 is 5.88 Å². The quantitative estimate of drug-likeness (QED) is 0.622. The Bertz CT molecular complexity index is 587. The van der Waals surface area contributed by atoms with Crippen LogP contribution in [0.3, 0.4) is 0 Å². The first-order valence-corrected chi connectivity index (χ1v) is 6.03. The van der Waals surface area contributed by atoms with Gasteiger partial charge in [0.15, 0.2) is 5.76 Å². The van der Waals surface area contributed by atoms with E-state index in [1.807, 2.05) is 0 Å². The molecular formula is C11H12N4O4. The molecule has 1 aliphatic carbocycles. The monoisotopic (exact) mass is 264 g/mol. The third-order valence-electron chi connectivity index (χ3n) is 2.80. The van der Waals surface area contributed by atoms with Crippen molar-refractivity contribution in [3.63, 3.8) is 0 Å². The number of hydrogen-bond donors (Lipinski definition) is 1. The molecule has 100 valence electrons. The lowest BCUT2D eigenvalue weighted by atomic mass is 10.4. The lowest BCUT2D eigenvalue weighted by molar-refractivity contribution is -0.401. The number of furan rings is 1. The summed E-state index contributed by atoms with van der Waals surface area (Å²) in [6, 6.07) is 3.33. The summed E-state index contributed by atoms with van der Waals surface area (Å²) in [5, 5.41) is 21.5. The molecule has 0 aliphatic heterocycles. The molecular weight excluding hydrogens is 252 g/mol. The van der Waals surface area contributed by atoms with Crippen LogP contribution >= 0.6 is 0 Å². The molecule has 0 amide bonds. The molecule has 1 N–H and O–H groups in total. The van der Waals surface area contributed by atoms with Gasteiger partial charge < -0.3 is 14.2 Å². The Kier molecular flexibility index (Phi) is 3.00. The van der Waals surface area contributed by atoms with Gasteiger partial charge in [-0.05, 0) is 18.9 Å². The maximum Gasteiger partial charge on any atom is 0.433 e. The van der Waals surface area contributed by atoms with Crippen LogP contribution in [0.4, 0.5) is 5.88 Å². The molecule has 19 heavy (non-hydrogen) atoms. The zero-order valence-corrected chi connectivity index (χ0v) is 10.0. The summed E-state index contributed by atoms with van der Waals surface area (Å²) < 4.78 is 10.4. The maximum atomic E-state index is 10.5. The zero-order valence-electron chi connectivity index (χ0n) is 10.0. The smallest absolute Gasteiger partial charge is 0.418 e. The Balaban J connectivity index is 1.63. The minimum atomic E-state index is -0.611. The number of hydrogen-bond acceptors (Lipinski definition) is 7. The van der Waals surface area contributed by atoms with Gasteiger partial charge in [0, 0.05) is 19.0 Å². The molecule has 1 aliphatic rings. The van der Waals surface area contributed by atoms with Crippen LogP contribution in [0.2, 0.25) is 0 Å². The average Bonchev–Trinajstić information content (AvgIpc) is 2.92. The third-order valence-corrected chi connectivity index (χ3v) is 2.80. The molecule has 0 aromatic carbocycles. The van der Waals surface area contributed by atoms with E-state index in [1.165, 1.54) is 25.0 Å². The van der Waals surface area contributed by atoms with Crippen LogP contribution in [0, 0.1) is 10.1 Å². The molecule has 0 atom stereocenters. The first-order chi connectivity index (χ1) is 9.22. The van der Waals surface area contributed by atoms with E-state index in [4.69, 9.17) is 8.83 Å².